The third kappa shape index (κ3) is 4.10. The van der Waals surface area contributed by atoms with Gasteiger partial charge in [-0.2, -0.15) is 4.98 Å². The smallest absolute Gasteiger partial charge is 0.263 e. The largest absolute Gasteiger partial charge is 0.337 e. The van der Waals surface area contributed by atoms with E-state index in [1.165, 1.54) is 23.0 Å². The first kappa shape index (κ1) is 20.8. The van der Waals surface area contributed by atoms with Gasteiger partial charge in [0.15, 0.2) is 11.5 Å². The molecule has 0 spiro atoms. The Labute approximate surface area is 179 Å². The molecule has 1 aliphatic rings. The lowest BCUT2D eigenvalue weighted by Crippen LogP contribution is -2.23. The van der Waals surface area contributed by atoms with Crippen LogP contribution < -0.4 is 5.56 Å². The molecule has 0 radical (unpaired) electrons. The van der Waals surface area contributed by atoms with Gasteiger partial charge in [-0.05, 0) is 55.0 Å². The van der Waals surface area contributed by atoms with Gasteiger partial charge in [-0.3, -0.25) is 9.36 Å². The Hall–Kier alpha value is -3.42. The lowest BCUT2D eigenvalue weighted by molar-refractivity contribution is 0.315. The molecule has 31 heavy (non-hydrogen) atoms. The zero-order valence-electron chi connectivity index (χ0n) is 17.7. The van der Waals surface area contributed by atoms with Crippen LogP contribution in [0, 0.1) is 12.7 Å². The maximum absolute atomic E-state index is 13.1. The van der Waals surface area contributed by atoms with Crippen LogP contribution in [0.5, 0.6) is 0 Å². The topological polar surface area (TPSA) is 86.7 Å². The van der Waals surface area contributed by atoms with Crippen molar-refractivity contribution < 1.29 is 8.91 Å². The second-order valence-electron chi connectivity index (χ2n) is 7.47. The predicted octanol–water partition coefficient (Wildman–Crippen LogP) is 4.36. The van der Waals surface area contributed by atoms with Crippen LogP contribution in [0.3, 0.4) is 0 Å². The van der Waals surface area contributed by atoms with Crippen molar-refractivity contribution in [3.8, 4) is 0 Å². The van der Waals surface area contributed by atoms with E-state index >= 15 is 0 Å². The van der Waals surface area contributed by atoms with Crippen molar-refractivity contribution in [2.45, 2.75) is 52.0 Å². The van der Waals surface area contributed by atoms with E-state index in [0.29, 0.717) is 28.7 Å². The van der Waals surface area contributed by atoms with Gasteiger partial charge in [0.2, 0.25) is 5.89 Å². The van der Waals surface area contributed by atoms with Crippen molar-refractivity contribution in [2.75, 3.05) is 0 Å². The first-order chi connectivity index (χ1) is 15.1. The molecular formula is C23H24FN5O2. The molecule has 1 aliphatic carbocycles. The lowest BCUT2D eigenvalue weighted by atomic mass is 9.71. The Morgan fingerprint density at radius 3 is 2.58 bits per heavy atom. The number of benzene rings is 1. The summed E-state index contributed by atoms with van der Waals surface area (Å²) in [6.07, 6.45) is 4.88. The van der Waals surface area contributed by atoms with Crippen molar-refractivity contribution in [2.24, 2.45) is 0 Å². The number of halogens is 1. The number of pyridine rings is 1. The average molecular weight is 421 g/mol. The van der Waals surface area contributed by atoms with Gasteiger partial charge in [-0.25, -0.2) is 14.4 Å². The molecule has 0 saturated heterocycles. The second-order valence-corrected chi connectivity index (χ2v) is 7.47. The molecule has 1 saturated carbocycles. The van der Waals surface area contributed by atoms with Crippen LogP contribution in [0.15, 0.2) is 52.2 Å². The lowest BCUT2D eigenvalue weighted by Gasteiger charge is -2.33. The summed E-state index contributed by atoms with van der Waals surface area (Å²) in [5.74, 6) is 1.38. The maximum atomic E-state index is 13.1. The molecule has 0 N–H and O–H groups in total. The third-order valence-corrected chi connectivity index (χ3v) is 5.57. The zero-order valence-corrected chi connectivity index (χ0v) is 17.7. The Bertz CT molecular complexity index is 1240. The predicted molar refractivity (Wildman–Crippen MR) is 114 cm³/mol. The molecule has 7 nitrogen and oxygen atoms in total. The van der Waals surface area contributed by atoms with E-state index in [-0.39, 0.29) is 23.8 Å². The molecule has 5 rings (SSSR count). The molecule has 160 valence electrons. The number of aryl methyl sites for hydroxylation is 1. The van der Waals surface area contributed by atoms with Gasteiger partial charge in [0.25, 0.3) is 5.56 Å². The van der Waals surface area contributed by atoms with E-state index in [2.05, 4.69) is 20.1 Å². The molecule has 1 fully saturated rings. The minimum atomic E-state index is -0.225. The first-order valence-electron chi connectivity index (χ1n) is 10.5. The molecule has 0 bridgehead atoms. The van der Waals surface area contributed by atoms with Crippen LogP contribution in [0.25, 0.3) is 11.0 Å². The molecular weight excluding hydrogens is 397 g/mol. The van der Waals surface area contributed by atoms with E-state index in [1.807, 2.05) is 32.9 Å². The number of fused-ring (bicyclic) bond motifs is 1. The number of hydrogen-bond donors (Lipinski definition) is 0. The van der Waals surface area contributed by atoms with Crippen LogP contribution in [0.4, 0.5) is 4.39 Å². The van der Waals surface area contributed by atoms with Crippen LogP contribution in [-0.2, 0) is 6.54 Å². The number of nitrogens with zero attached hydrogens (tertiary/aromatic N) is 5. The van der Waals surface area contributed by atoms with Gasteiger partial charge in [-0.15, -0.1) is 0 Å². The summed E-state index contributed by atoms with van der Waals surface area (Å²) < 4.78 is 19.9. The van der Waals surface area contributed by atoms with Gasteiger partial charge in [0.05, 0.1) is 5.39 Å². The van der Waals surface area contributed by atoms with Crippen LogP contribution in [0.1, 0.15) is 61.4 Å². The van der Waals surface area contributed by atoms with Gasteiger partial charge in [0, 0.05) is 12.1 Å². The van der Waals surface area contributed by atoms with E-state index < -0.39 is 0 Å². The fourth-order valence-electron chi connectivity index (χ4n) is 3.82. The molecule has 0 amide bonds. The quantitative estimate of drug-likeness (QED) is 0.487. The van der Waals surface area contributed by atoms with E-state index in [4.69, 9.17) is 4.52 Å². The highest BCUT2D eigenvalue weighted by Gasteiger charge is 2.34. The van der Waals surface area contributed by atoms with Crippen molar-refractivity contribution in [1.29, 1.82) is 0 Å². The first-order valence-corrected chi connectivity index (χ1v) is 10.5. The summed E-state index contributed by atoms with van der Waals surface area (Å²) >= 11 is 0. The molecule has 8 heteroatoms. The number of hydrogen-bond acceptors (Lipinski definition) is 6. The average Bonchev–Trinajstić information content (AvgIpc) is 3.20. The fraction of sp³-hybridized carbons (Fsp3) is 0.348. The molecule has 0 unspecified atom stereocenters. The van der Waals surface area contributed by atoms with Gasteiger partial charge in [0.1, 0.15) is 18.7 Å². The summed E-state index contributed by atoms with van der Waals surface area (Å²) in [7, 11) is 0. The minimum Gasteiger partial charge on any atom is -0.337 e. The van der Waals surface area contributed by atoms with Crippen molar-refractivity contribution in [3.05, 3.63) is 81.9 Å². The summed E-state index contributed by atoms with van der Waals surface area (Å²) in [6.45, 7) is 6.02. The Morgan fingerprint density at radius 2 is 1.84 bits per heavy atom. The maximum Gasteiger partial charge on any atom is 0.263 e. The van der Waals surface area contributed by atoms with Crippen molar-refractivity contribution in [3.63, 3.8) is 0 Å². The fourth-order valence-corrected chi connectivity index (χ4v) is 3.82. The van der Waals surface area contributed by atoms with Gasteiger partial charge in [-0.1, -0.05) is 31.1 Å². The van der Waals surface area contributed by atoms with E-state index in [9.17, 15) is 9.18 Å². The van der Waals surface area contributed by atoms with Crippen LogP contribution in [0.2, 0.25) is 0 Å². The molecule has 0 aliphatic heterocycles. The van der Waals surface area contributed by atoms with Crippen molar-refractivity contribution >= 4 is 11.0 Å². The molecule has 1 aromatic carbocycles. The Kier molecular flexibility index (Phi) is 5.88. The zero-order chi connectivity index (χ0) is 22.0. The van der Waals surface area contributed by atoms with Gasteiger partial charge >= 0.3 is 0 Å². The van der Waals surface area contributed by atoms with E-state index in [1.54, 1.807) is 12.3 Å². The van der Waals surface area contributed by atoms with Gasteiger partial charge < -0.3 is 4.52 Å². The van der Waals surface area contributed by atoms with Crippen LogP contribution in [-0.4, -0.2) is 24.7 Å². The second kappa shape index (κ2) is 8.75. The minimum absolute atomic E-state index is 0.164. The molecule has 0 atom stereocenters. The molecule has 3 aromatic heterocycles. The summed E-state index contributed by atoms with van der Waals surface area (Å²) in [6, 6.07) is 8.42. The van der Waals surface area contributed by atoms with E-state index in [0.717, 1.165) is 24.0 Å². The number of aromatic nitrogens is 5. The van der Waals surface area contributed by atoms with Crippen LogP contribution >= 0.6 is 0 Å². The highest BCUT2D eigenvalue weighted by atomic mass is 19.1. The van der Waals surface area contributed by atoms with Crippen molar-refractivity contribution in [1.82, 2.24) is 24.7 Å². The standard InChI is InChI=1S/C21H18FN5O2.C2H6/c1-12-6-7-23-20-18(12)21(28)27(11-24-20)10-17-25-19(26-29-17)15-8-14(9-15)13-2-4-16(22)5-3-13;1-2/h2-7,11,14-15H,8-10H2,1H3;1-2H3. The summed E-state index contributed by atoms with van der Waals surface area (Å²) in [5, 5.41) is 4.59. The normalized spacial score (nSPS) is 17.7. The Morgan fingerprint density at radius 1 is 1.10 bits per heavy atom. The molecule has 4 aromatic rings. The molecule has 3 heterocycles. The summed E-state index contributed by atoms with van der Waals surface area (Å²) in [4.78, 5) is 25.6. The third-order valence-electron chi connectivity index (χ3n) is 5.57. The summed E-state index contributed by atoms with van der Waals surface area (Å²) in [5.41, 5.74) is 2.21. The highest BCUT2D eigenvalue weighted by molar-refractivity contribution is 5.76. The number of rotatable bonds is 4. The Balaban J connectivity index is 0.00000112. The highest BCUT2D eigenvalue weighted by Crippen LogP contribution is 2.46. The SMILES string of the molecule is CC.Cc1ccnc2ncn(Cc3nc(C4CC(c5ccc(F)cc5)C4)no3)c(=O)c12. The monoisotopic (exact) mass is 421 g/mol.